The van der Waals surface area contributed by atoms with Gasteiger partial charge in [0.1, 0.15) is 22.5 Å². The highest BCUT2D eigenvalue weighted by molar-refractivity contribution is 7.89. The summed E-state index contributed by atoms with van der Waals surface area (Å²) in [6.45, 7) is 1.24. The van der Waals surface area contributed by atoms with Crippen molar-refractivity contribution < 1.29 is 22.7 Å². The Morgan fingerprint density at radius 2 is 1.91 bits per heavy atom. The van der Waals surface area contributed by atoms with Crippen LogP contribution in [0.5, 0.6) is 5.75 Å². The second kappa shape index (κ2) is 10.4. The molecule has 0 bridgehead atoms. The van der Waals surface area contributed by atoms with Gasteiger partial charge in [-0.1, -0.05) is 36.4 Å². The molecule has 0 radical (unpaired) electrons. The Balaban J connectivity index is 1.58. The average molecular weight is 485 g/mol. The van der Waals surface area contributed by atoms with Crippen molar-refractivity contribution in [3.05, 3.63) is 77.9 Å². The minimum atomic E-state index is -3.79. The number of aromatic nitrogens is 2. The van der Waals surface area contributed by atoms with Crippen LogP contribution in [0.2, 0.25) is 0 Å². The number of carbonyl (C=O) groups is 1. The molecule has 0 aliphatic carbocycles. The number of amides is 1. The lowest BCUT2D eigenvalue weighted by Crippen LogP contribution is -2.40. The lowest BCUT2D eigenvalue weighted by molar-refractivity contribution is -0.121. The van der Waals surface area contributed by atoms with Crippen LogP contribution < -0.4 is 10.1 Å². The number of hydrogen-bond acceptors (Lipinski definition) is 6. The number of methoxy groups -OCH3 is 1. The molecule has 1 atom stereocenters. The molecule has 34 heavy (non-hydrogen) atoms. The van der Waals surface area contributed by atoms with Gasteiger partial charge in [0.25, 0.3) is 0 Å². The van der Waals surface area contributed by atoms with E-state index < -0.39 is 16.1 Å². The summed E-state index contributed by atoms with van der Waals surface area (Å²) in [6, 6.07) is 13.9. The van der Waals surface area contributed by atoms with Crippen LogP contribution in [0, 0.1) is 0 Å². The van der Waals surface area contributed by atoms with E-state index in [0.29, 0.717) is 24.6 Å². The summed E-state index contributed by atoms with van der Waals surface area (Å²) in [4.78, 5) is 17.5. The molecule has 1 amide bonds. The van der Waals surface area contributed by atoms with E-state index in [1.165, 1.54) is 17.5 Å². The SMILES string of the molecule is COc1ccc(CC(=O)N[C@H](c2ccccc2)c2nccn2C)cc1S(=O)(=O)N1CCOCC1. The largest absolute Gasteiger partial charge is 0.495 e. The van der Waals surface area contributed by atoms with Crippen molar-refractivity contribution in [1.29, 1.82) is 0 Å². The molecule has 1 aromatic heterocycles. The Morgan fingerprint density at radius 1 is 1.18 bits per heavy atom. The number of benzene rings is 2. The minimum Gasteiger partial charge on any atom is -0.495 e. The second-order valence-corrected chi connectivity index (χ2v) is 9.89. The lowest BCUT2D eigenvalue weighted by Gasteiger charge is -2.27. The molecule has 0 saturated carbocycles. The number of sulfonamides is 1. The van der Waals surface area contributed by atoms with Crippen LogP contribution in [-0.4, -0.2) is 61.6 Å². The third-order valence-electron chi connectivity index (χ3n) is 5.74. The van der Waals surface area contributed by atoms with Crippen molar-refractivity contribution in [2.75, 3.05) is 33.4 Å². The maximum absolute atomic E-state index is 13.2. The molecule has 180 valence electrons. The van der Waals surface area contributed by atoms with Crippen molar-refractivity contribution in [3.63, 3.8) is 0 Å². The number of rotatable bonds is 8. The quantitative estimate of drug-likeness (QED) is 0.524. The molecule has 2 heterocycles. The summed E-state index contributed by atoms with van der Waals surface area (Å²) in [6.07, 6.45) is 3.51. The molecule has 0 unspecified atom stereocenters. The molecule has 1 aliphatic heterocycles. The highest BCUT2D eigenvalue weighted by Gasteiger charge is 2.30. The molecule has 2 aromatic carbocycles. The molecule has 4 rings (SSSR count). The van der Waals surface area contributed by atoms with E-state index in [1.54, 1.807) is 18.3 Å². The number of hydrogen-bond donors (Lipinski definition) is 1. The maximum Gasteiger partial charge on any atom is 0.246 e. The molecule has 10 heteroatoms. The zero-order chi connectivity index (χ0) is 24.1. The Bertz CT molecular complexity index is 1240. The summed E-state index contributed by atoms with van der Waals surface area (Å²) >= 11 is 0. The number of aryl methyl sites for hydroxylation is 1. The number of nitrogens with one attached hydrogen (secondary N) is 1. The monoisotopic (exact) mass is 484 g/mol. The van der Waals surface area contributed by atoms with Gasteiger partial charge in [0.05, 0.1) is 26.7 Å². The second-order valence-electron chi connectivity index (χ2n) is 7.99. The fourth-order valence-corrected chi connectivity index (χ4v) is 5.57. The summed E-state index contributed by atoms with van der Waals surface area (Å²) in [5, 5.41) is 3.05. The Hall–Kier alpha value is -3.21. The Morgan fingerprint density at radius 3 is 2.56 bits per heavy atom. The van der Waals surface area contributed by atoms with Crippen LogP contribution in [0.1, 0.15) is 23.0 Å². The van der Waals surface area contributed by atoms with Crippen LogP contribution in [0.4, 0.5) is 0 Å². The number of carbonyl (C=O) groups excluding carboxylic acids is 1. The number of morpholine rings is 1. The van der Waals surface area contributed by atoms with Crippen LogP contribution in [-0.2, 0) is 33.0 Å². The van der Waals surface area contributed by atoms with E-state index in [4.69, 9.17) is 9.47 Å². The van der Waals surface area contributed by atoms with Gasteiger partial charge in [-0.15, -0.1) is 0 Å². The van der Waals surface area contributed by atoms with E-state index in [2.05, 4.69) is 10.3 Å². The average Bonchev–Trinajstić information content (AvgIpc) is 3.29. The molecule has 0 spiro atoms. The zero-order valence-corrected chi connectivity index (χ0v) is 20.0. The zero-order valence-electron chi connectivity index (χ0n) is 19.2. The van der Waals surface area contributed by atoms with Crippen molar-refractivity contribution >= 4 is 15.9 Å². The van der Waals surface area contributed by atoms with Gasteiger partial charge in [-0.25, -0.2) is 13.4 Å². The standard InChI is InChI=1S/C24H28N4O5S/c1-27-11-10-25-24(27)23(19-6-4-3-5-7-19)26-22(29)17-18-8-9-20(32-2)21(16-18)34(30,31)28-12-14-33-15-13-28/h3-11,16,23H,12-15,17H2,1-2H3,(H,26,29)/t23-/m1/s1. The normalized spacial score (nSPS) is 15.6. The van der Waals surface area contributed by atoms with Crippen molar-refractivity contribution in [2.45, 2.75) is 17.4 Å². The molecule has 1 fully saturated rings. The summed E-state index contributed by atoms with van der Waals surface area (Å²) in [5.74, 6) is 0.687. The Kier molecular flexibility index (Phi) is 7.30. The van der Waals surface area contributed by atoms with Crippen LogP contribution >= 0.6 is 0 Å². The van der Waals surface area contributed by atoms with Gasteiger partial charge in [-0.05, 0) is 23.3 Å². The van der Waals surface area contributed by atoms with Gasteiger partial charge in [-0.3, -0.25) is 4.79 Å². The van der Waals surface area contributed by atoms with E-state index in [1.807, 2.05) is 48.1 Å². The fraction of sp³-hybridized carbons (Fsp3) is 0.333. The smallest absolute Gasteiger partial charge is 0.246 e. The molecule has 3 aromatic rings. The minimum absolute atomic E-state index is 0.00335. The first-order valence-corrected chi connectivity index (χ1v) is 12.4. The van der Waals surface area contributed by atoms with Crippen molar-refractivity contribution in [2.24, 2.45) is 7.05 Å². The summed E-state index contributed by atoms with van der Waals surface area (Å²) in [5.41, 5.74) is 1.47. The predicted molar refractivity (Wildman–Crippen MR) is 126 cm³/mol. The Labute approximate surface area is 199 Å². The molecule has 1 saturated heterocycles. The number of nitrogens with zero attached hydrogens (tertiary/aromatic N) is 3. The van der Waals surface area contributed by atoms with E-state index in [0.717, 1.165) is 5.56 Å². The van der Waals surface area contributed by atoms with E-state index >= 15 is 0 Å². The van der Waals surface area contributed by atoms with Crippen LogP contribution in [0.15, 0.2) is 65.8 Å². The van der Waals surface area contributed by atoms with Gasteiger partial charge in [0, 0.05) is 32.5 Å². The van der Waals surface area contributed by atoms with Crippen LogP contribution in [0.25, 0.3) is 0 Å². The summed E-state index contributed by atoms with van der Waals surface area (Å²) < 4.78 is 40.3. The maximum atomic E-state index is 13.2. The topological polar surface area (TPSA) is 103 Å². The van der Waals surface area contributed by atoms with Crippen LogP contribution in [0.3, 0.4) is 0 Å². The fourth-order valence-electron chi connectivity index (χ4n) is 3.95. The predicted octanol–water partition coefficient (Wildman–Crippen LogP) is 1.90. The van der Waals surface area contributed by atoms with Gasteiger partial charge in [0.15, 0.2) is 0 Å². The molecular weight excluding hydrogens is 456 g/mol. The third-order valence-corrected chi connectivity index (χ3v) is 7.66. The lowest BCUT2D eigenvalue weighted by atomic mass is 10.1. The number of ether oxygens (including phenoxy) is 2. The molecule has 1 N–H and O–H groups in total. The molecular formula is C24H28N4O5S. The highest BCUT2D eigenvalue weighted by atomic mass is 32.2. The van der Waals surface area contributed by atoms with Gasteiger partial charge >= 0.3 is 0 Å². The highest BCUT2D eigenvalue weighted by Crippen LogP contribution is 2.29. The van der Waals surface area contributed by atoms with E-state index in [-0.39, 0.29) is 36.1 Å². The van der Waals surface area contributed by atoms with Crippen molar-refractivity contribution in [1.82, 2.24) is 19.2 Å². The number of imidazole rings is 1. The van der Waals surface area contributed by atoms with Gasteiger partial charge in [-0.2, -0.15) is 4.31 Å². The first-order valence-electron chi connectivity index (χ1n) is 11.0. The third kappa shape index (κ3) is 5.14. The first kappa shape index (κ1) is 23.9. The molecule has 1 aliphatic rings. The van der Waals surface area contributed by atoms with Crippen molar-refractivity contribution in [3.8, 4) is 5.75 Å². The first-order chi connectivity index (χ1) is 16.4. The summed E-state index contributed by atoms with van der Waals surface area (Å²) in [7, 11) is -0.487. The van der Waals surface area contributed by atoms with E-state index in [9.17, 15) is 13.2 Å². The van der Waals surface area contributed by atoms with Gasteiger partial charge < -0.3 is 19.4 Å². The van der Waals surface area contributed by atoms with Gasteiger partial charge in [0.2, 0.25) is 15.9 Å². The molecule has 9 nitrogen and oxygen atoms in total.